The Labute approximate surface area is 125 Å². The fourth-order valence-corrected chi connectivity index (χ4v) is 2.29. The van der Waals surface area contributed by atoms with Crippen LogP contribution in [0, 0.1) is 19.7 Å². The van der Waals surface area contributed by atoms with Gasteiger partial charge in [-0.05, 0) is 67.6 Å². The van der Waals surface area contributed by atoms with E-state index in [1.54, 1.807) is 19.1 Å². The van der Waals surface area contributed by atoms with Crippen LogP contribution in [0.3, 0.4) is 0 Å². The molecule has 0 bridgehead atoms. The van der Waals surface area contributed by atoms with Gasteiger partial charge in [0.25, 0.3) is 0 Å². The molecule has 21 heavy (non-hydrogen) atoms. The molecule has 3 heteroatoms. The zero-order valence-electron chi connectivity index (χ0n) is 12.4. The lowest BCUT2D eigenvalue weighted by molar-refractivity contribution is 0.475. The number of hydrogen-bond acceptors (Lipinski definition) is 2. The van der Waals surface area contributed by atoms with E-state index in [0.29, 0.717) is 17.4 Å². The second-order valence-corrected chi connectivity index (χ2v) is 5.77. The van der Waals surface area contributed by atoms with Gasteiger partial charge in [0.2, 0.25) is 0 Å². The van der Waals surface area contributed by atoms with E-state index in [9.17, 15) is 4.39 Å². The molecule has 0 radical (unpaired) electrons. The fraction of sp³-hybridized carbons (Fsp3) is 0.333. The molecule has 0 atom stereocenters. The van der Waals surface area contributed by atoms with E-state index in [1.807, 2.05) is 13.0 Å². The minimum atomic E-state index is -0.208. The molecule has 110 valence electrons. The summed E-state index contributed by atoms with van der Waals surface area (Å²) in [5.74, 6) is 1.28. The van der Waals surface area contributed by atoms with Gasteiger partial charge in [0, 0.05) is 12.6 Å². The number of rotatable bonds is 5. The Hall–Kier alpha value is -1.87. The van der Waals surface area contributed by atoms with Crippen LogP contribution in [0.4, 0.5) is 4.39 Å². The molecule has 1 aliphatic rings. The van der Waals surface area contributed by atoms with Gasteiger partial charge in [-0.25, -0.2) is 4.39 Å². The standard InChI is InChI=1S/C18H20FNO/c1-12-10-16(6-7-17(12)19)21-18-8-3-14(9-13(18)2)11-20-15-4-5-15/h3,6-10,15,20H,4-5,11H2,1-2H3. The van der Waals surface area contributed by atoms with Crippen LogP contribution >= 0.6 is 0 Å². The third kappa shape index (κ3) is 3.61. The zero-order valence-corrected chi connectivity index (χ0v) is 12.4. The topological polar surface area (TPSA) is 21.3 Å². The quantitative estimate of drug-likeness (QED) is 0.874. The van der Waals surface area contributed by atoms with Crippen LogP contribution in [0.1, 0.15) is 29.5 Å². The molecule has 2 aromatic rings. The number of ether oxygens (including phenoxy) is 1. The Morgan fingerprint density at radius 1 is 1.10 bits per heavy atom. The molecule has 0 amide bonds. The zero-order chi connectivity index (χ0) is 14.8. The van der Waals surface area contributed by atoms with Crippen molar-refractivity contribution < 1.29 is 9.13 Å². The van der Waals surface area contributed by atoms with Gasteiger partial charge < -0.3 is 10.1 Å². The van der Waals surface area contributed by atoms with Crippen molar-refractivity contribution in [3.05, 3.63) is 58.9 Å². The molecule has 3 rings (SSSR count). The first-order valence-corrected chi connectivity index (χ1v) is 7.39. The van der Waals surface area contributed by atoms with Gasteiger partial charge >= 0.3 is 0 Å². The second-order valence-electron chi connectivity index (χ2n) is 5.77. The molecule has 0 unspecified atom stereocenters. The van der Waals surface area contributed by atoms with E-state index in [4.69, 9.17) is 4.74 Å². The van der Waals surface area contributed by atoms with Crippen molar-refractivity contribution in [1.29, 1.82) is 0 Å². The molecule has 1 saturated carbocycles. The van der Waals surface area contributed by atoms with Gasteiger partial charge in [0.05, 0.1) is 0 Å². The van der Waals surface area contributed by atoms with Crippen LogP contribution in [0.5, 0.6) is 11.5 Å². The summed E-state index contributed by atoms with van der Waals surface area (Å²) in [5, 5.41) is 3.50. The molecule has 0 saturated heterocycles. The van der Waals surface area contributed by atoms with Crippen molar-refractivity contribution >= 4 is 0 Å². The first kappa shape index (κ1) is 14.1. The van der Waals surface area contributed by atoms with Crippen LogP contribution in [-0.2, 0) is 6.54 Å². The number of hydrogen-bond donors (Lipinski definition) is 1. The van der Waals surface area contributed by atoms with Gasteiger partial charge in [-0.15, -0.1) is 0 Å². The van der Waals surface area contributed by atoms with Crippen molar-refractivity contribution in [2.45, 2.75) is 39.3 Å². The molecule has 0 spiro atoms. The highest BCUT2D eigenvalue weighted by Crippen LogP contribution is 2.27. The Kier molecular flexibility index (Phi) is 3.93. The van der Waals surface area contributed by atoms with Crippen molar-refractivity contribution in [2.24, 2.45) is 0 Å². The van der Waals surface area contributed by atoms with E-state index < -0.39 is 0 Å². The summed E-state index contributed by atoms with van der Waals surface area (Å²) in [5.41, 5.74) is 2.95. The van der Waals surface area contributed by atoms with E-state index >= 15 is 0 Å². The highest BCUT2D eigenvalue weighted by atomic mass is 19.1. The summed E-state index contributed by atoms with van der Waals surface area (Å²) < 4.78 is 19.1. The fourth-order valence-electron chi connectivity index (χ4n) is 2.29. The van der Waals surface area contributed by atoms with Crippen LogP contribution < -0.4 is 10.1 Å². The van der Waals surface area contributed by atoms with E-state index in [1.165, 1.54) is 24.5 Å². The van der Waals surface area contributed by atoms with Crippen LogP contribution in [0.25, 0.3) is 0 Å². The number of halogens is 1. The van der Waals surface area contributed by atoms with E-state index in [0.717, 1.165) is 17.9 Å². The van der Waals surface area contributed by atoms with Crippen molar-refractivity contribution in [1.82, 2.24) is 5.32 Å². The van der Waals surface area contributed by atoms with Gasteiger partial charge in [0.1, 0.15) is 17.3 Å². The second kappa shape index (κ2) is 5.86. The average Bonchev–Trinajstić information content (AvgIpc) is 3.27. The molecule has 1 aliphatic carbocycles. The highest BCUT2D eigenvalue weighted by Gasteiger charge is 2.19. The smallest absolute Gasteiger partial charge is 0.130 e. The normalized spacial score (nSPS) is 14.2. The minimum Gasteiger partial charge on any atom is -0.457 e. The van der Waals surface area contributed by atoms with Crippen molar-refractivity contribution in [3.8, 4) is 11.5 Å². The molecule has 2 nitrogen and oxygen atoms in total. The summed E-state index contributed by atoms with van der Waals surface area (Å²) in [6, 6.07) is 11.7. The molecule has 2 aromatic carbocycles. The van der Waals surface area contributed by atoms with Crippen LogP contribution in [0.15, 0.2) is 36.4 Å². The molecule has 1 N–H and O–H groups in total. The Balaban J connectivity index is 1.70. The lowest BCUT2D eigenvalue weighted by atomic mass is 10.1. The summed E-state index contributed by atoms with van der Waals surface area (Å²) in [7, 11) is 0. The van der Waals surface area contributed by atoms with Crippen LogP contribution in [-0.4, -0.2) is 6.04 Å². The minimum absolute atomic E-state index is 0.208. The SMILES string of the molecule is Cc1cc(Oc2ccc(CNC3CC3)cc2C)ccc1F. The summed E-state index contributed by atoms with van der Waals surface area (Å²) in [4.78, 5) is 0. The summed E-state index contributed by atoms with van der Waals surface area (Å²) in [6.45, 7) is 4.68. The number of aryl methyl sites for hydroxylation is 2. The third-order valence-corrected chi connectivity index (χ3v) is 3.77. The van der Waals surface area contributed by atoms with Gasteiger partial charge in [-0.2, -0.15) is 0 Å². The average molecular weight is 285 g/mol. The maximum absolute atomic E-state index is 13.3. The largest absolute Gasteiger partial charge is 0.457 e. The predicted molar refractivity (Wildman–Crippen MR) is 82.3 cm³/mol. The Bertz CT molecular complexity index is 650. The molecule has 1 fully saturated rings. The third-order valence-electron chi connectivity index (χ3n) is 3.77. The number of nitrogens with one attached hydrogen (secondary N) is 1. The highest BCUT2D eigenvalue weighted by molar-refractivity contribution is 5.40. The summed E-state index contributed by atoms with van der Waals surface area (Å²) in [6.07, 6.45) is 2.59. The van der Waals surface area contributed by atoms with Crippen molar-refractivity contribution in [3.63, 3.8) is 0 Å². The van der Waals surface area contributed by atoms with E-state index in [-0.39, 0.29) is 5.82 Å². The molecular weight excluding hydrogens is 265 g/mol. The summed E-state index contributed by atoms with van der Waals surface area (Å²) >= 11 is 0. The predicted octanol–water partition coefficient (Wildman–Crippen LogP) is 4.49. The number of benzene rings is 2. The van der Waals surface area contributed by atoms with Gasteiger partial charge in [0.15, 0.2) is 0 Å². The van der Waals surface area contributed by atoms with Crippen LogP contribution in [0.2, 0.25) is 0 Å². The molecule has 0 heterocycles. The van der Waals surface area contributed by atoms with Gasteiger partial charge in [-0.3, -0.25) is 0 Å². The first-order chi connectivity index (χ1) is 10.1. The van der Waals surface area contributed by atoms with Crippen molar-refractivity contribution in [2.75, 3.05) is 0 Å². The Morgan fingerprint density at radius 2 is 1.90 bits per heavy atom. The molecule has 0 aromatic heterocycles. The maximum Gasteiger partial charge on any atom is 0.130 e. The van der Waals surface area contributed by atoms with Gasteiger partial charge in [-0.1, -0.05) is 12.1 Å². The molecule has 0 aliphatic heterocycles. The first-order valence-electron chi connectivity index (χ1n) is 7.39. The lowest BCUT2D eigenvalue weighted by Gasteiger charge is -2.11. The molecular formula is C18H20FNO. The Morgan fingerprint density at radius 3 is 2.57 bits per heavy atom. The monoisotopic (exact) mass is 285 g/mol. The van der Waals surface area contributed by atoms with E-state index in [2.05, 4.69) is 17.4 Å². The lowest BCUT2D eigenvalue weighted by Crippen LogP contribution is -2.15. The maximum atomic E-state index is 13.3.